The first kappa shape index (κ1) is 9.18. The largest absolute Gasteiger partial charge is 0.299 e. The molecule has 1 unspecified atom stereocenters. The van der Waals surface area contributed by atoms with Gasteiger partial charge in [-0.3, -0.25) is 4.79 Å². The molecular formula is C6H10N4OS. The Balaban J connectivity index is 2.54. The lowest BCUT2D eigenvalue weighted by Gasteiger charge is -2.07. The van der Waals surface area contributed by atoms with E-state index in [1.54, 1.807) is 6.92 Å². The van der Waals surface area contributed by atoms with Gasteiger partial charge in [-0.05, 0) is 35.7 Å². The molecule has 0 saturated heterocycles. The number of aromatic nitrogens is 4. The van der Waals surface area contributed by atoms with Crippen molar-refractivity contribution in [3.05, 3.63) is 6.33 Å². The van der Waals surface area contributed by atoms with Crippen LogP contribution in [-0.2, 0) is 4.79 Å². The normalized spacial score (nSPS) is 12.8. The standard InChI is InChI=1S/C6H10N4OS/c1-3-6(5(2)11)12-10-4-7-8-9-10/h4,6H,3H2,1-2H3. The van der Waals surface area contributed by atoms with Crippen LogP contribution in [0.2, 0.25) is 0 Å². The van der Waals surface area contributed by atoms with Gasteiger partial charge in [0, 0.05) is 0 Å². The number of tetrazole rings is 1. The van der Waals surface area contributed by atoms with Gasteiger partial charge in [-0.15, -0.1) is 5.10 Å². The van der Waals surface area contributed by atoms with Crippen LogP contribution < -0.4 is 0 Å². The summed E-state index contributed by atoms with van der Waals surface area (Å²) in [4.78, 5) is 11.0. The zero-order valence-corrected chi connectivity index (χ0v) is 7.78. The van der Waals surface area contributed by atoms with Crippen molar-refractivity contribution in [1.82, 2.24) is 19.6 Å². The predicted octanol–water partition coefficient (Wildman–Crippen LogP) is 0.537. The van der Waals surface area contributed by atoms with E-state index in [2.05, 4.69) is 15.5 Å². The summed E-state index contributed by atoms with van der Waals surface area (Å²) < 4.78 is 1.50. The Morgan fingerprint density at radius 1 is 1.75 bits per heavy atom. The van der Waals surface area contributed by atoms with Crippen LogP contribution in [0.15, 0.2) is 6.33 Å². The number of hydrogen-bond donors (Lipinski definition) is 0. The topological polar surface area (TPSA) is 60.7 Å². The molecule has 0 aliphatic rings. The lowest BCUT2D eigenvalue weighted by molar-refractivity contribution is -0.116. The highest BCUT2D eigenvalue weighted by Crippen LogP contribution is 2.15. The Kier molecular flexibility index (Phi) is 3.21. The monoisotopic (exact) mass is 186 g/mol. The summed E-state index contributed by atoms with van der Waals surface area (Å²) in [5.41, 5.74) is 0. The molecule has 0 radical (unpaired) electrons. The molecule has 1 aromatic rings. The predicted molar refractivity (Wildman–Crippen MR) is 45.6 cm³/mol. The van der Waals surface area contributed by atoms with Gasteiger partial charge in [-0.1, -0.05) is 6.92 Å². The first-order valence-corrected chi connectivity index (χ1v) is 4.48. The zero-order valence-electron chi connectivity index (χ0n) is 6.97. The van der Waals surface area contributed by atoms with Crippen molar-refractivity contribution < 1.29 is 4.79 Å². The molecule has 66 valence electrons. The fourth-order valence-electron chi connectivity index (χ4n) is 0.768. The van der Waals surface area contributed by atoms with Crippen molar-refractivity contribution >= 4 is 17.7 Å². The second-order valence-corrected chi connectivity index (χ2v) is 3.48. The highest BCUT2D eigenvalue weighted by atomic mass is 32.2. The lowest BCUT2D eigenvalue weighted by atomic mass is 10.2. The molecule has 6 heteroatoms. The summed E-state index contributed by atoms with van der Waals surface area (Å²) in [5.74, 6) is 0.151. The smallest absolute Gasteiger partial charge is 0.150 e. The summed E-state index contributed by atoms with van der Waals surface area (Å²) in [5, 5.41) is 10.5. The zero-order chi connectivity index (χ0) is 8.97. The minimum absolute atomic E-state index is 0.0477. The van der Waals surface area contributed by atoms with E-state index < -0.39 is 0 Å². The molecule has 0 spiro atoms. The van der Waals surface area contributed by atoms with Gasteiger partial charge in [0.1, 0.15) is 5.78 Å². The van der Waals surface area contributed by atoms with Crippen LogP contribution in [0.3, 0.4) is 0 Å². The van der Waals surface area contributed by atoms with Crippen LogP contribution in [0.1, 0.15) is 20.3 Å². The summed E-state index contributed by atoms with van der Waals surface area (Å²) in [7, 11) is 0. The Morgan fingerprint density at radius 2 is 2.50 bits per heavy atom. The van der Waals surface area contributed by atoms with Crippen molar-refractivity contribution in [3.63, 3.8) is 0 Å². The second-order valence-electron chi connectivity index (χ2n) is 2.33. The van der Waals surface area contributed by atoms with Gasteiger partial charge in [0.15, 0.2) is 6.33 Å². The Morgan fingerprint density at radius 3 is 2.92 bits per heavy atom. The van der Waals surface area contributed by atoms with Crippen LogP contribution >= 0.6 is 11.9 Å². The molecule has 0 amide bonds. The fraction of sp³-hybridized carbons (Fsp3) is 0.667. The average molecular weight is 186 g/mol. The van der Waals surface area contributed by atoms with Gasteiger partial charge in [0.25, 0.3) is 0 Å². The molecule has 1 heterocycles. The molecular weight excluding hydrogens is 176 g/mol. The molecule has 1 atom stereocenters. The minimum Gasteiger partial charge on any atom is -0.299 e. The van der Waals surface area contributed by atoms with E-state index in [0.29, 0.717) is 0 Å². The number of ketones is 1. The van der Waals surface area contributed by atoms with E-state index in [1.165, 1.54) is 22.4 Å². The van der Waals surface area contributed by atoms with Crippen molar-refractivity contribution in [1.29, 1.82) is 0 Å². The minimum atomic E-state index is -0.0477. The van der Waals surface area contributed by atoms with Crippen molar-refractivity contribution in [2.45, 2.75) is 25.5 Å². The first-order chi connectivity index (χ1) is 5.74. The summed E-state index contributed by atoms with van der Waals surface area (Å²) in [6.07, 6.45) is 2.27. The fourth-order valence-corrected chi connectivity index (χ4v) is 1.50. The van der Waals surface area contributed by atoms with Crippen molar-refractivity contribution in [2.75, 3.05) is 0 Å². The maximum Gasteiger partial charge on any atom is 0.150 e. The second kappa shape index (κ2) is 4.20. The van der Waals surface area contributed by atoms with Gasteiger partial charge in [-0.2, -0.15) is 4.09 Å². The van der Waals surface area contributed by atoms with Crippen LogP contribution in [0, 0.1) is 0 Å². The molecule has 1 aromatic heterocycles. The quantitative estimate of drug-likeness (QED) is 0.686. The molecule has 1 rings (SSSR count). The molecule has 12 heavy (non-hydrogen) atoms. The highest BCUT2D eigenvalue weighted by Gasteiger charge is 2.13. The van der Waals surface area contributed by atoms with E-state index in [-0.39, 0.29) is 11.0 Å². The molecule has 0 N–H and O–H groups in total. The molecule has 0 fully saturated rings. The van der Waals surface area contributed by atoms with Crippen molar-refractivity contribution in [3.8, 4) is 0 Å². The van der Waals surface area contributed by atoms with Crippen LogP contribution in [0.5, 0.6) is 0 Å². The third kappa shape index (κ3) is 2.30. The summed E-state index contributed by atoms with van der Waals surface area (Å²) in [6.45, 7) is 3.54. The highest BCUT2D eigenvalue weighted by molar-refractivity contribution is 7.99. The Bertz CT molecular complexity index is 248. The number of Topliss-reactive ketones (excluding diaryl/α,β-unsaturated/α-hetero) is 1. The van der Waals surface area contributed by atoms with E-state index >= 15 is 0 Å². The van der Waals surface area contributed by atoms with Gasteiger partial charge in [0.2, 0.25) is 0 Å². The molecule has 5 nitrogen and oxygen atoms in total. The first-order valence-electron chi connectivity index (χ1n) is 3.64. The molecule has 0 aromatic carbocycles. The Labute approximate surface area is 74.7 Å². The van der Waals surface area contributed by atoms with Crippen molar-refractivity contribution in [2.24, 2.45) is 0 Å². The maximum absolute atomic E-state index is 11.0. The average Bonchev–Trinajstić information content (AvgIpc) is 2.51. The molecule has 0 bridgehead atoms. The number of carbonyl (C=O) groups is 1. The third-order valence-electron chi connectivity index (χ3n) is 1.39. The number of rotatable bonds is 4. The SMILES string of the molecule is CCC(Sn1cnnn1)C(C)=O. The number of nitrogens with zero attached hydrogens (tertiary/aromatic N) is 4. The van der Waals surface area contributed by atoms with Crippen LogP contribution in [0.25, 0.3) is 0 Å². The summed E-state index contributed by atoms with van der Waals surface area (Å²) >= 11 is 1.33. The van der Waals surface area contributed by atoms with E-state index in [1.807, 2.05) is 6.92 Å². The van der Waals surface area contributed by atoms with E-state index in [4.69, 9.17) is 0 Å². The van der Waals surface area contributed by atoms with Gasteiger partial charge in [0.05, 0.1) is 5.25 Å². The molecule has 0 saturated carbocycles. The van der Waals surface area contributed by atoms with Gasteiger partial charge < -0.3 is 0 Å². The van der Waals surface area contributed by atoms with Gasteiger partial charge in [-0.25, -0.2) is 0 Å². The molecule has 0 aliphatic carbocycles. The lowest BCUT2D eigenvalue weighted by Crippen LogP contribution is -2.14. The van der Waals surface area contributed by atoms with Crippen LogP contribution in [-0.4, -0.2) is 30.6 Å². The van der Waals surface area contributed by atoms with E-state index in [9.17, 15) is 4.79 Å². The number of hydrogen-bond acceptors (Lipinski definition) is 5. The Hall–Kier alpha value is -0.910. The molecule has 0 aliphatic heterocycles. The van der Waals surface area contributed by atoms with E-state index in [0.717, 1.165) is 6.42 Å². The third-order valence-corrected chi connectivity index (χ3v) is 2.69. The maximum atomic E-state index is 11.0. The number of carbonyl (C=O) groups excluding carboxylic acids is 1. The van der Waals surface area contributed by atoms with Gasteiger partial charge >= 0.3 is 0 Å². The van der Waals surface area contributed by atoms with Crippen LogP contribution in [0.4, 0.5) is 0 Å². The summed E-state index contributed by atoms with van der Waals surface area (Å²) in [6, 6.07) is 0.